The third kappa shape index (κ3) is 3.36. The Morgan fingerprint density at radius 2 is 2.25 bits per heavy atom. The zero-order valence-corrected chi connectivity index (χ0v) is 12.6. The van der Waals surface area contributed by atoms with E-state index >= 15 is 0 Å². The Balaban J connectivity index is 2.14. The van der Waals surface area contributed by atoms with Crippen LogP contribution < -0.4 is 11.3 Å². The molecule has 0 radical (unpaired) electrons. The molecule has 1 unspecified atom stereocenters. The first-order chi connectivity index (χ1) is 9.65. The predicted molar refractivity (Wildman–Crippen MR) is 80.4 cm³/mol. The van der Waals surface area contributed by atoms with Gasteiger partial charge in [-0.3, -0.25) is 20.9 Å². The maximum absolute atomic E-state index is 6.33. The largest absolute Gasteiger partial charge is 0.271 e. The van der Waals surface area contributed by atoms with Gasteiger partial charge in [-0.2, -0.15) is 5.10 Å². The number of hydrazine groups is 1. The van der Waals surface area contributed by atoms with Gasteiger partial charge in [0, 0.05) is 31.4 Å². The number of nitrogens with one attached hydrogen (secondary N) is 1. The van der Waals surface area contributed by atoms with E-state index in [1.165, 1.54) is 0 Å². The van der Waals surface area contributed by atoms with Crippen LogP contribution in [0, 0.1) is 6.92 Å². The quantitative estimate of drug-likeness (QED) is 0.630. The Bertz CT molecular complexity index is 552. The van der Waals surface area contributed by atoms with Gasteiger partial charge in [-0.15, -0.1) is 0 Å². The van der Waals surface area contributed by atoms with Crippen molar-refractivity contribution in [2.75, 3.05) is 0 Å². The normalized spacial score (nSPS) is 12.6. The lowest BCUT2D eigenvalue weighted by atomic mass is 10.0. The van der Waals surface area contributed by atoms with Crippen molar-refractivity contribution in [2.24, 2.45) is 5.84 Å². The molecule has 0 aliphatic carbocycles. The van der Waals surface area contributed by atoms with E-state index in [1.807, 2.05) is 29.9 Å². The van der Waals surface area contributed by atoms with Gasteiger partial charge in [0.2, 0.25) is 0 Å². The maximum atomic E-state index is 6.33. The fourth-order valence-corrected chi connectivity index (χ4v) is 2.50. The first-order valence-electron chi connectivity index (χ1n) is 6.72. The molecule has 0 spiro atoms. The lowest BCUT2D eigenvalue weighted by molar-refractivity contribution is 0.495. The number of nitrogens with two attached hydrogens (primary N) is 1. The van der Waals surface area contributed by atoms with Gasteiger partial charge in [-0.1, -0.05) is 17.7 Å². The molecule has 0 aliphatic heterocycles. The lowest BCUT2D eigenvalue weighted by Gasteiger charge is -2.16. The van der Waals surface area contributed by atoms with Gasteiger partial charge in [-0.25, -0.2) is 0 Å². The summed E-state index contributed by atoms with van der Waals surface area (Å²) < 4.78 is 1.94. The second-order valence-corrected chi connectivity index (χ2v) is 5.17. The van der Waals surface area contributed by atoms with Crippen LogP contribution in [-0.2, 0) is 19.4 Å². The topological polar surface area (TPSA) is 68.8 Å². The predicted octanol–water partition coefficient (Wildman–Crippen LogP) is 1.88. The summed E-state index contributed by atoms with van der Waals surface area (Å²) >= 11 is 6.33. The Morgan fingerprint density at radius 3 is 2.85 bits per heavy atom. The molecule has 1 atom stereocenters. The van der Waals surface area contributed by atoms with Crippen molar-refractivity contribution < 1.29 is 0 Å². The number of halogens is 1. The number of rotatable bonds is 6. The smallest absolute Gasteiger partial charge is 0.0847 e. The van der Waals surface area contributed by atoms with Gasteiger partial charge in [0.25, 0.3) is 0 Å². The third-order valence-electron chi connectivity index (χ3n) is 3.33. The van der Waals surface area contributed by atoms with E-state index in [0.29, 0.717) is 0 Å². The van der Waals surface area contributed by atoms with Crippen LogP contribution in [0.4, 0.5) is 0 Å². The number of hydrogen-bond donors (Lipinski definition) is 2. The third-order valence-corrected chi connectivity index (χ3v) is 3.82. The Kier molecular flexibility index (Phi) is 5.11. The molecule has 0 aromatic carbocycles. The highest BCUT2D eigenvalue weighted by molar-refractivity contribution is 6.31. The van der Waals surface area contributed by atoms with Crippen LogP contribution in [0.25, 0.3) is 0 Å². The van der Waals surface area contributed by atoms with Crippen LogP contribution in [0.5, 0.6) is 0 Å². The van der Waals surface area contributed by atoms with Gasteiger partial charge < -0.3 is 0 Å². The fraction of sp³-hybridized carbons (Fsp3) is 0.429. The van der Waals surface area contributed by atoms with Crippen molar-refractivity contribution in [3.63, 3.8) is 0 Å². The minimum absolute atomic E-state index is 0.0955. The zero-order chi connectivity index (χ0) is 14.5. The molecule has 0 fully saturated rings. The van der Waals surface area contributed by atoms with E-state index in [1.54, 1.807) is 6.20 Å². The number of aryl methyl sites for hydroxylation is 2. The van der Waals surface area contributed by atoms with Crippen molar-refractivity contribution in [3.8, 4) is 0 Å². The molecule has 108 valence electrons. The van der Waals surface area contributed by atoms with E-state index in [4.69, 9.17) is 17.4 Å². The molecule has 0 aliphatic rings. The Hall–Kier alpha value is -1.43. The molecule has 20 heavy (non-hydrogen) atoms. The van der Waals surface area contributed by atoms with Gasteiger partial charge in [0.05, 0.1) is 16.4 Å². The zero-order valence-electron chi connectivity index (χ0n) is 11.8. The average Bonchev–Trinajstić information content (AvgIpc) is 2.75. The molecule has 0 amide bonds. The molecule has 2 rings (SSSR count). The highest BCUT2D eigenvalue weighted by atomic mass is 35.5. The molecular weight excluding hydrogens is 274 g/mol. The van der Waals surface area contributed by atoms with Gasteiger partial charge >= 0.3 is 0 Å². The monoisotopic (exact) mass is 293 g/mol. The number of aromatic nitrogens is 3. The van der Waals surface area contributed by atoms with Gasteiger partial charge in [0.1, 0.15) is 0 Å². The van der Waals surface area contributed by atoms with E-state index in [-0.39, 0.29) is 6.04 Å². The summed E-state index contributed by atoms with van der Waals surface area (Å²) in [5.74, 6) is 5.67. The van der Waals surface area contributed by atoms with Crippen LogP contribution in [0.3, 0.4) is 0 Å². The van der Waals surface area contributed by atoms with Crippen molar-refractivity contribution in [2.45, 2.75) is 39.3 Å². The second kappa shape index (κ2) is 6.83. The van der Waals surface area contributed by atoms with Crippen molar-refractivity contribution in [1.82, 2.24) is 20.2 Å². The van der Waals surface area contributed by atoms with Crippen molar-refractivity contribution in [3.05, 3.63) is 46.5 Å². The second-order valence-electron chi connectivity index (χ2n) is 4.79. The highest BCUT2D eigenvalue weighted by Crippen LogP contribution is 2.22. The molecule has 5 nitrogen and oxygen atoms in total. The molecule has 0 saturated carbocycles. The molecule has 2 aromatic heterocycles. The Morgan fingerprint density at radius 1 is 1.45 bits per heavy atom. The summed E-state index contributed by atoms with van der Waals surface area (Å²) in [5, 5.41) is 5.16. The van der Waals surface area contributed by atoms with Gasteiger partial charge in [-0.05, 0) is 31.9 Å². The van der Waals surface area contributed by atoms with Crippen LogP contribution in [0.2, 0.25) is 5.02 Å². The van der Waals surface area contributed by atoms with Crippen molar-refractivity contribution >= 4 is 11.6 Å². The summed E-state index contributed by atoms with van der Waals surface area (Å²) in [5.41, 5.74) is 5.89. The van der Waals surface area contributed by atoms with Crippen LogP contribution in [0.15, 0.2) is 24.5 Å². The highest BCUT2D eigenvalue weighted by Gasteiger charge is 2.17. The van der Waals surface area contributed by atoms with E-state index in [0.717, 1.165) is 41.4 Å². The summed E-state index contributed by atoms with van der Waals surface area (Å²) in [4.78, 5) is 4.12. The summed E-state index contributed by atoms with van der Waals surface area (Å²) in [6, 6.07) is 4.07. The minimum Gasteiger partial charge on any atom is -0.271 e. The van der Waals surface area contributed by atoms with Crippen molar-refractivity contribution in [1.29, 1.82) is 0 Å². The number of pyridine rings is 1. The molecule has 0 bridgehead atoms. The Labute approximate surface area is 124 Å². The number of nitrogens with zero attached hydrogens (tertiary/aromatic N) is 3. The standard InChI is InChI=1S/C14H20ClN5/c1-3-20-13(14(15)10(2)19-20)8-12(18-16)7-11-5-4-6-17-9-11/h4-6,9,12,18H,3,7-8,16H2,1-2H3. The number of hydrogen-bond acceptors (Lipinski definition) is 4. The molecule has 2 heterocycles. The molecular formula is C14H20ClN5. The molecule has 3 N–H and O–H groups in total. The van der Waals surface area contributed by atoms with E-state index in [2.05, 4.69) is 22.4 Å². The average molecular weight is 294 g/mol. The van der Waals surface area contributed by atoms with E-state index < -0.39 is 0 Å². The molecule has 6 heteroatoms. The molecule has 2 aromatic rings. The maximum Gasteiger partial charge on any atom is 0.0847 e. The first-order valence-corrected chi connectivity index (χ1v) is 7.10. The van der Waals surface area contributed by atoms with E-state index in [9.17, 15) is 0 Å². The summed E-state index contributed by atoms with van der Waals surface area (Å²) in [6.45, 7) is 4.77. The summed E-state index contributed by atoms with van der Waals surface area (Å²) in [6.07, 6.45) is 5.16. The fourth-order valence-electron chi connectivity index (χ4n) is 2.29. The van der Waals surface area contributed by atoms with Crippen LogP contribution >= 0.6 is 11.6 Å². The SMILES string of the molecule is CCn1nc(C)c(Cl)c1CC(Cc1cccnc1)NN. The minimum atomic E-state index is 0.0955. The molecule has 0 saturated heterocycles. The van der Waals surface area contributed by atoms with Crippen LogP contribution in [0.1, 0.15) is 23.9 Å². The first kappa shape index (κ1) is 15.0. The van der Waals surface area contributed by atoms with Gasteiger partial charge in [0.15, 0.2) is 0 Å². The summed E-state index contributed by atoms with van der Waals surface area (Å²) in [7, 11) is 0. The lowest BCUT2D eigenvalue weighted by Crippen LogP contribution is -2.39. The van der Waals surface area contributed by atoms with Crippen LogP contribution in [-0.4, -0.2) is 20.8 Å².